The molecule has 0 spiro atoms. The Labute approximate surface area is 172 Å². The van der Waals surface area contributed by atoms with Crippen LogP contribution in [0.3, 0.4) is 0 Å². The highest BCUT2D eigenvalue weighted by atomic mass is 16.4. The number of aliphatic carboxylic acids is 2. The molecule has 30 heavy (non-hydrogen) atoms. The zero-order valence-corrected chi connectivity index (χ0v) is 16.2. The van der Waals surface area contributed by atoms with Crippen molar-refractivity contribution in [3.63, 3.8) is 0 Å². The molecule has 8 nitrogen and oxygen atoms in total. The number of para-hydroxylation sites is 2. The number of benzene rings is 2. The number of carboxylic acids is 2. The summed E-state index contributed by atoms with van der Waals surface area (Å²) in [7, 11) is 0. The number of hydrogen-bond acceptors (Lipinski definition) is 4. The molecule has 0 unspecified atom stereocenters. The number of nitrogens with one attached hydrogen (secondary N) is 2. The average Bonchev–Trinajstić information content (AvgIpc) is 3.32. The van der Waals surface area contributed by atoms with E-state index in [0.717, 1.165) is 33.1 Å². The van der Waals surface area contributed by atoms with E-state index in [2.05, 4.69) is 9.97 Å². The van der Waals surface area contributed by atoms with E-state index in [1.807, 2.05) is 60.8 Å². The van der Waals surface area contributed by atoms with Crippen molar-refractivity contribution in [3.05, 3.63) is 72.1 Å². The number of aromatic nitrogens is 2. The van der Waals surface area contributed by atoms with Crippen molar-refractivity contribution in [3.8, 4) is 0 Å². The largest absolute Gasteiger partial charge is 0.480 e. The quantitative estimate of drug-likeness (QED) is 0.287. The second kappa shape index (κ2) is 9.25. The van der Waals surface area contributed by atoms with Gasteiger partial charge in [-0.1, -0.05) is 36.4 Å². The Morgan fingerprint density at radius 2 is 1.47 bits per heavy atom. The first-order chi connectivity index (χ1) is 14.3. The lowest BCUT2D eigenvalue weighted by molar-refractivity contribution is -0.139. The lowest BCUT2D eigenvalue weighted by Crippen LogP contribution is -2.32. The van der Waals surface area contributed by atoms with Crippen LogP contribution in [0.1, 0.15) is 11.3 Å². The minimum atomic E-state index is -0.978. The summed E-state index contributed by atoms with van der Waals surface area (Å²) in [5.74, 6) is -1.95. The Kier molecular flexibility index (Phi) is 6.51. The van der Waals surface area contributed by atoms with Crippen LogP contribution in [0.5, 0.6) is 0 Å². The topological polar surface area (TPSA) is 158 Å². The molecule has 0 aliphatic rings. The second-order valence-corrected chi connectivity index (χ2v) is 7.04. The smallest absolute Gasteiger partial charge is 0.320 e. The second-order valence-electron chi connectivity index (χ2n) is 7.04. The molecule has 2 atom stereocenters. The van der Waals surface area contributed by atoms with Crippen molar-refractivity contribution in [2.24, 2.45) is 11.5 Å². The summed E-state index contributed by atoms with van der Waals surface area (Å²) in [6, 6.07) is 15.8. The van der Waals surface area contributed by atoms with E-state index >= 15 is 0 Å². The fourth-order valence-corrected chi connectivity index (χ4v) is 3.19. The summed E-state index contributed by atoms with van der Waals surface area (Å²) in [6.07, 6.45) is 2.48. The standard InChI is InChI=1S/2C11H12N2O2/c12-9(11(14)15)5-7-6-13-10-4-2-1-3-8(7)10;12-9(11(14)15)6-8-5-7-3-1-2-4-10(7)13-8/h1-4,6,9,13H,5,12H2,(H,14,15);1-5,9,13H,6,12H2,(H,14,15)/t2*9-/m01/s1. The van der Waals surface area contributed by atoms with Crippen molar-refractivity contribution in [2.75, 3.05) is 0 Å². The molecule has 8 N–H and O–H groups in total. The molecule has 8 heteroatoms. The van der Waals surface area contributed by atoms with Gasteiger partial charge in [0.25, 0.3) is 0 Å². The van der Waals surface area contributed by atoms with Crippen molar-refractivity contribution in [2.45, 2.75) is 24.9 Å². The Morgan fingerprint density at radius 3 is 2.13 bits per heavy atom. The molecule has 0 saturated carbocycles. The zero-order valence-electron chi connectivity index (χ0n) is 16.2. The van der Waals surface area contributed by atoms with Gasteiger partial charge in [-0.15, -0.1) is 0 Å². The Balaban J connectivity index is 0.000000171. The van der Waals surface area contributed by atoms with Crippen molar-refractivity contribution in [1.29, 1.82) is 0 Å². The Hall–Kier alpha value is -3.62. The minimum absolute atomic E-state index is 0.323. The molecule has 2 heterocycles. The number of H-pyrrole nitrogens is 2. The van der Waals surface area contributed by atoms with Crippen LogP contribution in [0.4, 0.5) is 0 Å². The lowest BCUT2D eigenvalue weighted by atomic mass is 10.1. The fourth-order valence-electron chi connectivity index (χ4n) is 3.19. The fraction of sp³-hybridized carbons (Fsp3) is 0.182. The van der Waals surface area contributed by atoms with E-state index < -0.39 is 24.0 Å². The molecule has 0 fully saturated rings. The molecule has 0 radical (unpaired) electrons. The SMILES string of the molecule is N[C@@H](Cc1c[nH]c2ccccc12)C(=O)O.N[C@H](Cc1cc2ccccc2[nH]1)C(=O)O. The molecule has 0 saturated heterocycles. The van der Waals surface area contributed by atoms with Gasteiger partial charge in [-0.05, 0) is 29.1 Å². The predicted molar refractivity (Wildman–Crippen MR) is 115 cm³/mol. The first-order valence-corrected chi connectivity index (χ1v) is 9.43. The third-order valence-electron chi connectivity index (χ3n) is 4.77. The van der Waals surface area contributed by atoms with E-state index in [1.54, 1.807) is 0 Å². The van der Waals surface area contributed by atoms with Gasteiger partial charge in [0.1, 0.15) is 12.1 Å². The van der Waals surface area contributed by atoms with Crippen LogP contribution in [0.25, 0.3) is 21.8 Å². The normalized spacial score (nSPS) is 12.9. The molecular formula is C22H24N4O4. The number of nitrogens with two attached hydrogens (primary N) is 2. The van der Waals surface area contributed by atoms with E-state index in [9.17, 15) is 9.59 Å². The number of aromatic amines is 2. The molecule has 0 aliphatic carbocycles. The lowest BCUT2D eigenvalue weighted by Gasteiger charge is -2.04. The van der Waals surface area contributed by atoms with Crippen LogP contribution in [-0.2, 0) is 22.4 Å². The van der Waals surface area contributed by atoms with Gasteiger partial charge in [0, 0.05) is 41.2 Å². The highest BCUT2D eigenvalue weighted by Gasteiger charge is 2.14. The highest BCUT2D eigenvalue weighted by Crippen LogP contribution is 2.18. The van der Waals surface area contributed by atoms with Crippen molar-refractivity contribution < 1.29 is 19.8 Å². The number of fused-ring (bicyclic) bond motifs is 2. The first-order valence-electron chi connectivity index (χ1n) is 9.43. The molecule has 156 valence electrons. The minimum Gasteiger partial charge on any atom is -0.480 e. The molecule has 0 aliphatic heterocycles. The van der Waals surface area contributed by atoms with Gasteiger partial charge in [0.2, 0.25) is 0 Å². The summed E-state index contributed by atoms with van der Waals surface area (Å²) in [5.41, 5.74) is 14.7. The van der Waals surface area contributed by atoms with Crippen LogP contribution in [0, 0.1) is 0 Å². The molecule has 2 aromatic carbocycles. The maximum Gasteiger partial charge on any atom is 0.320 e. The molecule has 4 rings (SSSR count). The highest BCUT2D eigenvalue weighted by molar-refractivity contribution is 5.84. The van der Waals surface area contributed by atoms with Gasteiger partial charge >= 0.3 is 11.9 Å². The third-order valence-corrected chi connectivity index (χ3v) is 4.77. The van der Waals surface area contributed by atoms with E-state index in [4.69, 9.17) is 21.7 Å². The number of carbonyl (C=O) groups is 2. The van der Waals surface area contributed by atoms with E-state index in [1.165, 1.54) is 0 Å². The van der Waals surface area contributed by atoms with E-state index in [-0.39, 0.29) is 0 Å². The summed E-state index contributed by atoms with van der Waals surface area (Å²) >= 11 is 0. The maximum absolute atomic E-state index is 10.6. The predicted octanol–water partition coefficient (Wildman–Crippen LogP) is 2.24. The van der Waals surface area contributed by atoms with Crippen molar-refractivity contribution in [1.82, 2.24) is 9.97 Å². The van der Waals surface area contributed by atoms with Gasteiger partial charge in [-0.25, -0.2) is 0 Å². The van der Waals surface area contributed by atoms with Gasteiger partial charge in [0.15, 0.2) is 0 Å². The van der Waals surface area contributed by atoms with Gasteiger partial charge in [0.05, 0.1) is 0 Å². The van der Waals surface area contributed by atoms with Crippen LogP contribution in [0.15, 0.2) is 60.8 Å². The summed E-state index contributed by atoms with van der Waals surface area (Å²) in [6.45, 7) is 0. The third kappa shape index (κ3) is 5.05. The van der Waals surface area contributed by atoms with Crippen LogP contribution in [0.2, 0.25) is 0 Å². The monoisotopic (exact) mass is 408 g/mol. The number of carboxylic acid groups (broad SMARTS) is 2. The zero-order chi connectivity index (χ0) is 21.7. The van der Waals surface area contributed by atoms with Crippen molar-refractivity contribution >= 4 is 33.7 Å². The average molecular weight is 408 g/mol. The molecule has 4 aromatic rings. The summed E-state index contributed by atoms with van der Waals surface area (Å²) in [4.78, 5) is 27.4. The van der Waals surface area contributed by atoms with Crippen LogP contribution < -0.4 is 11.5 Å². The summed E-state index contributed by atoms with van der Waals surface area (Å²) < 4.78 is 0. The maximum atomic E-state index is 10.6. The van der Waals surface area contributed by atoms with Gasteiger partial charge < -0.3 is 31.6 Å². The first kappa shape index (κ1) is 21.1. The van der Waals surface area contributed by atoms with Crippen LogP contribution in [-0.4, -0.2) is 44.2 Å². The number of hydrogen-bond donors (Lipinski definition) is 6. The molecule has 2 aromatic heterocycles. The van der Waals surface area contributed by atoms with Gasteiger partial charge in [-0.3, -0.25) is 9.59 Å². The molecule has 0 bridgehead atoms. The summed E-state index contributed by atoms with van der Waals surface area (Å²) in [5, 5.41) is 19.5. The molecule has 0 amide bonds. The number of rotatable bonds is 6. The van der Waals surface area contributed by atoms with Gasteiger partial charge in [-0.2, -0.15) is 0 Å². The molecular weight excluding hydrogens is 384 g/mol. The Bertz CT molecular complexity index is 1120. The van der Waals surface area contributed by atoms with Crippen LogP contribution >= 0.6 is 0 Å². The van der Waals surface area contributed by atoms with E-state index in [0.29, 0.717) is 12.8 Å². The Morgan fingerprint density at radius 1 is 0.867 bits per heavy atom.